The van der Waals surface area contributed by atoms with Gasteiger partial charge in [0, 0.05) is 54.0 Å². The molecule has 0 saturated carbocycles. The predicted molar refractivity (Wildman–Crippen MR) is 475 cm³/mol. The van der Waals surface area contributed by atoms with Crippen molar-refractivity contribution in [3.63, 3.8) is 0 Å². The summed E-state index contributed by atoms with van der Waals surface area (Å²) in [6.45, 7) is 8.26. The lowest BCUT2D eigenvalue weighted by Gasteiger charge is -2.21. The molecule has 0 aliphatic rings. The summed E-state index contributed by atoms with van der Waals surface area (Å²) < 4.78 is 44.2. The van der Waals surface area contributed by atoms with E-state index >= 15 is 0 Å². The average Bonchev–Trinajstić information content (AvgIpc) is 1.81. The third kappa shape index (κ3) is 43.0. The van der Waals surface area contributed by atoms with Crippen LogP contribution in [0.5, 0.6) is 0 Å². The molecule has 0 spiro atoms. The van der Waals surface area contributed by atoms with E-state index in [-0.39, 0.29) is 74.2 Å². The molecule has 32 heteroatoms. The Morgan fingerprint density at radius 3 is 1.54 bits per heavy atom. The van der Waals surface area contributed by atoms with Gasteiger partial charge in [-0.15, -0.1) is 11.3 Å². The summed E-state index contributed by atoms with van der Waals surface area (Å²) in [7, 11) is -1.09. The molecule has 12 aromatic rings. The molecule has 0 fully saturated rings. The number of furan rings is 1. The molecule has 12 rings (SSSR count). The number of alkyl halides is 3. The number of carboxylic acid groups (broad SMARTS) is 6. The van der Waals surface area contributed by atoms with E-state index in [9.17, 15) is 52.2 Å². The van der Waals surface area contributed by atoms with Crippen LogP contribution in [-0.2, 0) is 40.2 Å². The van der Waals surface area contributed by atoms with Gasteiger partial charge in [0.05, 0.1) is 70.8 Å². The highest BCUT2D eigenvalue weighted by Crippen LogP contribution is 2.38. The van der Waals surface area contributed by atoms with Crippen molar-refractivity contribution < 1.29 is 107 Å². The highest BCUT2D eigenvalue weighted by molar-refractivity contribution is 7.10. The van der Waals surface area contributed by atoms with E-state index in [2.05, 4.69) is 32.0 Å². The molecule has 0 saturated heterocycles. The van der Waals surface area contributed by atoms with Crippen LogP contribution in [-0.4, -0.2) is 134 Å². The molecule has 650 valence electrons. The summed E-state index contributed by atoms with van der Waals surface area (Å²) in [6.07, 6.45) is 1.78. The third-order valence-corrected chi connectivity index (χ3v) is 17.4. The number of carboxylic acids is 6. The van der Waals surface area contributed by atoms with E-state index in [1.54, 1.807) is 176 Å². The molecule has 3 atom stereocenters. The first-order valence-corrected chi connectivity index (χ1v) is 37.6. The number of aliphatic hydroxyl groups is 2. The Balaban J connectivity index is 0.000000697. The maximum absolute atomic E-state index is 13.0. The van der Waals surface area contributed by atoms with Crippen molar-refractivity contribution in [2.75, 3.05) is 23.0 Å². The minimum atomic E-state index is -4.43. The number of nitriles is 1. The molecule has 15 N–H and O–H groups in total. The van der Waals surface area contributed by atoms with Gasteiger partial charge in [-0.3, -0.25) is 24.4 Å². The van der Waals surface area contributed by atoms with E-state index in [0.29, 0.717) is 46.3 Å². The van der Waals surface area contributed by atoms with Crippen LogP contribution < -0.4 is 26.9 Å². The van der Waals surface area contributed by atoms with Crippen molar-refractivity contribution in [2.45, 2.75) is 107 Å². The second-order valence-electron chi connectivity index (χ2n) is 25.9. The number of carbonyl (C=O) groups is 6. The fourth-order valence-corrected chi connectivity index (χ4v) is 10.9. The number of halogens is 4. The van der Waals surface area contributed by atoms with Crippen LogP contribution in [0.1, 0.15) is 153 Å². The van der Waals surface area contributed by atoms with Crippen LogP contribution in [0, 0.1) is 31.1 Å². The Kier molecular flexibility index (Phi) is 50.6. The van der Waals surface area contributed by atoms with Crippen LogP contribution in [0.15, 0.2) is 283 Å². The first-order chi connectivity index (χ1) is 57.1. The molecule has 0 radical (unpaired) electrons. The average molecular weight is 1730 g/mol. The zero-order chi connectivity index (χ0) is 88.7. The zero-order valence-corrected chi connectivity index (χ0v) is 67.1. The minimum Gasteiger partial charge on any atom is -0.481 e. The number of aliphatic carboxylic acids is 3. The Morgan fingerprint density at radius 1 is 0.553 bits per heavy atom. The molecule has 123 heavy (non-hydrogen) atoms. The number of rotatable bonds is 23. The summed E-state index contributed by atoms with van der Waals surface area (Å²) >= 11 is 6.85. The maximum atomic E-state index is 13.0. The van der Waals surface area contributed by atoms with Crippen molar-refractivity contribution in [3.8, 4) is 6.07 Å². The number of pyridine rings is 2. The number of hydrogen-bond donors (Lipinski definition) is 15. The van der Waals surface area contributed by atoms with Gasteiger partial charge < -0.3 is 81.3 Å². The monoisotopic (exact) mass is 1730 g/mol. The third-order valence-electron chi connectivity index (χ3n) is 16.2. The fourth-order valence-electron chi connectivity index (χ4n) is 9.83. The first kappa shape index (κ1) is 108. The van der Waals surface area contributed by atoms with E-state index in [1.165, 1.54) is 36.4 Å². The number of aryl methyl sites for hydroxylation is 3. The topological polar surface area (TPSA) is 444 Å². The number of aliphatic hydroxyl groups excluding tert-OH is 2. The van der Waals surface area contributed by atoms with E-state index in [1.807, 2.05) is 101 Å². The highest BCUT2D eigenvalue weighted by atomic mass is 35.5. The number of nitrogens with zero attached hydrogens (tertiary/aromatic N) is 3. The number of benzene rings is 8. The minimum absolute atomic E-state index is 0. The van der Waals surface area contributed by atoms with Gasteiger partial charge in [0.2, 0.25) is 0 Å². The normalized spacial score (nSPS) is 10.6. The van der Waals surface area contributed by atoms with Gasteiger partial charge in [-0.05, 0) is 186 Å². The Morgan fingerprint density at radius 2 is 1.09 bits per heavy atom. The molecular formula is C91H102B2ClF3N6O19S. The van der Waals surface area contributed by atoms with Crippen molar-refractivity contribution in [2.24, 2.45) is 5.92 Å². The van der Waals surface area contributed by atoms with Crippen molar-refractivity contribution in [1.82, 2.24) is 9.97 Å². The van der Waals surface area contributed by atoms with Crippen LogP contribution in [0.3, 0.4) is 0 Å². The van der Waals surface area contributed by atoms with Crippen LogP contribution in [0.4, 0.5) is 30.2 Å². The lowest BCUT2D eigenvalue weighted by atomic mass is 9.79. The number of aromatic nitrogens is 2. The van der Waals surface area contributed by atoms with Crippen molar-refractivity contribution in [3.05, 3.63) is 362 Å². The molecule has 25 nitrogen and oxygen atoms in total. The second kappa shape index (κ2) is 57.8. The lowest BCUT2D eigenvalue weighted by molar-refractivity contribution is -0.143. The molecular weight excluding hydrogens is 1630 g/mol. The molecule has 4 heterocycles. The predicted octanol–water partition coefficient (Wildman–Crippen LogP) is 16.5. The van der Waals surface area contributed by atoms with Gasteiger partial charge in [0.1, 0.15) is 11.9 Å². The first-order valence-electron chi connectivity index (χ1n) is 36.4. The van der Waals surface area contributed by atoms with Gasteiger partial charge in [-0.1, -0.05) is 192 Å². The van der Waals surface area contributed by atoms with E-state index < -0.39 is 74.5 Å². The maximum Gasteiger partial charge on any atom is 0.488 e. The Labute approximate surface area is 722 Å². The molecule has 0 aliphatic carbocycles. The molecule has 3 unspecified atom stereocenters. The highest BCUT2D eigenvalue weighted by Gasteiger charge is 2.41. The largest absolute Gasteiger partial charge is 0.488 e. The van der Waals surface area contributed by atoms with Crippen molar-refractivity contribution in [1.29, 1.82) is 5.26 Å². The number of hydrogen-bond acceptors (Lipinski definition) is 20. The summed E-state index contributed by atoms with van der Waals surface area (Å²) in [5, 5.41) is 125. The Hall–Kier alpha value is -13.3. The van der Waals surface area contributed by atoms with E-state index in [4.69, 9.17) is 72.0 Å². The Bertz CT molecular complexity index is 5050. The van der Waals surface area contributed by atoms with Crippen molar-refractivity contribution >= 4 is 101 Å². The SMILES string of the molecule is C.C.C.CC(C)C(O)c1ccc(B(O)O)cc1.CNc1ccc(C#N)cc1.Cc1ccc(C(=O)O)cc1.Cc1cccc(CC(=O)O)c1.O=C(O)CCc1cccnc1.O=C(O)Cc1ccccc1.O=C(O)c1ccc(NC(c2cccs2)C(F)(F)F)cc1.O=C(O)c1ccc(NCc2ccco2)cc1Cl.OB(O)c1ccc(C(O)c2ccccn2)cc1. The lowest BCUT2D eigenvalue weighted by Crippen LogP contribution is -2.29. The molecule has 0 bridgehead atoms. The smallest absolute Gasteiger partial charge is 0.481 e. The second-order valence-corrected chi connectivity index (χ2v) is 27.2. The summed E-state index contributed by atoms with van der Waals surface area (Å²) in [5.41, 5.74) is 10.8. The van der Waals surface area contributed by atoms with Crippen LogP contribution in [0.2, 0.25) is 5.02 Å². The summed E-state index contributed by atoms with van der Waals surface area (Å²) in [4.78, 5) is 70.4. The summed E-state index contributed by atoms with van der Waals surface area (Å²) in [5.74, 6) is -4.42. The van der Waals surface area contributed by atoms with Gasteiger partial charge in [-0.25, -0.2) is 14.4 Å². The number of aromatic carboxylic acids is 3. The zero-order valence-electron chi connectivity index (χ0n) is 65.5. The molecule has 0 aliphatic heterocycles. The van der Waals surface area contributed by atoms with Gasteiger partial charge in [0.15, 0.2) is 6.04 Å². The van der Waals surface area contributed by atoms with Crippen LogP contribution in [0.25, 0.3) is 0 Å². The van der Waals surface area contributed by atoms with Gasteiger partial charge in [0.25, 0.3) is 0 Å². The van der Waals surface area contributed by atoms with Gasteiger partial charge in [-0.2, -0.15) is 18.4 Å². The molecule has 4 aromatic heterocycles. The van der Waals surface area contributed by atoms with Crippen LogP contribution >= 0.6 is 22.9 Å². The number of anilines is 3. The standard InChI is InChI=1S/C13H10F3NO2S.C12H12BNO3.C12H10ClNO3.C10H15BO3.C9H10O2.C8H8N2.C8H9NO2.2C8H8O2.3CH4/c14-13(15,16)11(10-2-1-7-20-10)17-9-5-3-8(4-6-9)12(18)19;15-12(11-3-1-2-8-14-11)9-4-6-10(7-5-9)13(16)17;13-11-6-8(3-4-10(11)12(15)16)14-7-9-2-1-5-17-9;1-7(2)10(12)8-3-5-9(6-4-8)11(13)14;1-7-3-2-4-8(5-7)6-9(10)11;1-10-8-4-2-7(6-9)3-5-8;10-8(11)4-3-7-2-1-5-9-6-7;1-6-2-4-7(5-3-6)8(9)10;9-8(10)6-7-4-2-1-3-5-7;;;/h1-7,11,17H,(H,18,19);1-8,12,15-17H;1-6,14H,7H2,(H,15,16);3-7,10,12-14H,1-2H3;2-5H,6H2,1H3,(H,10,11);2-5,10H,1H3;1-2,5-6H,3-4H2,(H,10,11);2-5H,1H3,(H,9,10);1-5H,6H2,(H,9,10);3*1H4. The van der Waals surface area contributed by atoms with E-state index in [0.717, 1.165) is 61.9 Å². The number of thiophene rings is 1. The fraction of sp³-hybridized carbons (Fsp3) is 0.198. The number of nitrogens with one attached hydrogen (secondary N) is 3. The van der Waals surface area contributed by atoms with Gasteiger partial charge >= 0.3 is 56.2 Å². The summed E-state index contributed by atoms with van der Waals surface area (Å²) in [6, 6.07) is 69.4. The quantitative estimate of drug-likeness (QED) is 0.0264. The molecule has 8 aromatic carbocycles. The molecule has 0 amide bonds.